The summed E-state index contributed by atoms with van der Waals surface area (Å²) in [5.74, 6) is 1.03. The third-order valence-electron chi connectivity index (χ3n) is 2.59. The van der Waals surface area contributed by atoms with Gasteiger partial charge in [-0.15, -0.1) is 0 Å². The van der Waals surface area contributed by atoms with E-state index >= 15 is 0 Å². The molecule has 1 aromatic carbocycles. The molecule has 0 amide bonds. The number of aryl methyl sites for hydroxylation is 2. The molecule has 1 nitrogen and oxygen atoms in total. The first-order valence-corrected chi connectivity index (χ1v) is 5.56. The summed E-state index contributed by atoms with van der Waals surface area (Å²) < 4.78 is 5.39. The van der Waals surface area contributed by atoms with Gasteiger partial charge in [0.1, 0.15) is 5.75 Å². The molecule has 0 spiro atoms. The molecule has 0 atom stereocenters. The van der Waals surface area contributed by atoms with Crippen LogP contribution < -0.4 is 4.74 Å². The first-order valence-electron chi connectivity index (χ1n) is 5.56. The first kappa shape index (κ1) is 12.1. The van der Waals surface area contributed by atoms with Crippen molar-refractivity contribution in [3.8, 4) is 5.75 Å². The van der Waals surface area contributed by atoms with E-state index in [-0.39, 0.29) is 0 Å². The Labute approximate surface area is 93.5 Å². The van der Waals surface area contributed by atoms with Gasteiger partial charge in [0.15, 0.2) is 0 Å². The highest BCUT2D eigenvalue weighted by atomic mass is 16.5. The van der Waals surface area contributed by atoms with Gasteiger partial charge >= 0.3 is 0 Å². The molecule has 0 bridgehead atoms. The van der Waals surface area contributed by atoms with Crippen molar-refractivity contribution < 1.29 is 4.74 Å². The monoisotopic (exact) mass is 206 g/mol. The first-order chi connectivity index (χ1) is 6.92. The summed E-state index contributed by atoms with van der Waals surface area (Å²) in [6.45, 7) is 8.91. The lowest BCUT2D eigenvalue weighted by atomic mass is 9.88. The van der Waals surface area contributed by atoms with Gasteiger partial charge in [-0.05, 0) is 42.4 Å². The average molecular weight is 206 g/mol. The zero-order valence-electron chi connectivity index (χ0n) is 10.6. The minimum Gasteiger partial charge on any atom is -0.496 e. The molecule has 0 fully saturated rings. The van der Waals surface area contributed by atoms with Crippen LogP contribution in [0.15, 0.2) is 18.2 Å². The molecule has 84 valence electrons. The molecule has 0 saturated heterocycles. The van der Waals surface area contributed by atoms with Crippen molar-refractivity contribution in [2.75, 3.05) is 7.11 Å². The number of methoxy groups -OCH3 is 1. The molecule has 0 N–H and O–H groups in total. The van der Waals surface area contributed by atoms with Gasteiger partial charge in [-0.25, -0.2) is 0 Å². The summed E-state index contributed by atoms with van der Waals surface area (Å²) in [5.41, 5.74) is 2.96. The van der Waals surface area contributed by atoms with Crippen molar-refractivity contribution in [1.82, 2.24) is 0 Å². The highest BCUT2D eigenvalue weighted by Crippen LogP contribution is 2.26. The van der Waals surface area contributed by atoms with Gasteiger partial charge in [-0.1, -0.05) is 32.9 Å². The smallest absolute Gasteiger partial charge is 0.122 e. The van der Waals surface area contributed by atoms with Gasteiger partial charge in [0.05, 0.1) is 7.11 Å². The topological polar surface area (TPSA) is 9.23 Å². The Kier molecular flexibility index (Phi) is 3.78. The van der Waals surface area contributed by atoms with Crippen LogP contribution in [0.25, 0.3) is 0 Å². The highest BCUT2D eigenvalue weighted by Gasteiger charge is 2.12. The summed E-state index contributed by atoms with van der Waals surface area (Å²) in [4.78, 5) is 0. The van der Waals surface area contributed by atoms with E-state index < -0.39 is 0 Å². The fourth-order valence-corrected chi connectivity index (χ4v) is 1.57. The Bertz CT molecular complexity index is 321. The van der Waals surface area contributed by atoms with Crippen LogP contribution in [0, 0.1) is 12.3 Å². The maximum Gasteiger partial charge on any atom is 0.122 e. The van der Waals surface area contributed by atoms with Crippen molar-refractivity contribution in [2.24, 2.45) is 5.41 Å². The summed E-state index contributed by atoms with van der Waals surface area (Å²) >= 11 is 0. The van der Waals surface area contributed by atoms with E-state index in [4.69, 9.17) is 4.74 Å². The predicted octanol–water partition coefficient (Wildman–Crippen LogP) is 3.98. The lowest BCUT2D eigenvalue weighted by molar-refractivity contribution is 0.369. The van der Waals surface area contributed by atoms with E-state index in [0.717, 1.165) is 12.2 Å². The van der Waals surface area contributed by atoms with Crippen molar-refractivity contribution in [1.29, 1.82) is 0 Å². The lowest BCUT2D eigenvalue weighted by Crippen LogP contribution is -2.07. The van der Waals surface area contributed by atoms with Crippen LogP contribution in [0.1, 0.15) is 38.3 Å². The van der Waals surface area contributed by atoms with E-state index in [1.165, 1.54) is 17.5 Å². The molecular formula is C14H22O. The Morgan fingerprint density at radius 3 is 2.40 bits per heavy atom. The van der Waals surface area contributed by atoms with Gasteiger partial charge in [0, 0.05) is 0 Å². The second-order valence-corrected chi connectivity index (χ2v) is 5.38. The van der Waals surface area contributed by atoms with E-state index in [0.29, 0.717) is 5.41 Å². The molecule has 15 heavy (non-hydrogen) atoms. The zero-order valence-corrected chi connectivity index (χ0v) is 10.6. The van der Waals surface area contributed by atoms with Crippen LogP contribution in [0.5, 0.6) is 5.75 Å². The number of hydrogen-bond donors (Lipinski definition) is 0. The molecule has 1 rings (SSSR count). The van der Waals surface area contributed by atoms with E-state index in [9.17, 15) is 0 Å². The van der Waals surface area contributed by atoms with Crippen molar-refractivity contribution >= 4 is 0 Å². The lowest BCUT2D eigenvalue weighted by Gasteiger charge is -2.18. The van der Waals surface area contributed by atoms with E-state index in [2.05, 4.69) is 45.9 Å². The Balaban J connectivity index is 2.76. The molecule has 1 heteroatoms. The van der Waals surface area contributed by atoms with Gasteiger partial charge < -0.3 is 4.74 Å². The summed E-state index contributed by atoms with van der Waals surface area (Å²) in [6.07, 6.45) is 2.28. The highest BCUT2D eigenvalue weighted by molar-refractivity contribution is 5.37. The maximum atomic E-state index is 5.39. The second kappa shape index (κ2) is 4.69. The Morgan fingerprint density at radius 2 is 1.87 bits per heavy atom. The quantitative estimate of drug-likeness (QED) is 0.726. The molecule has 0 radical (unpaired) electrons. The number of rotatable bonds is 3. The largest absolute Gasteiger partial charge is 0.496 e. The standard InChI is InChI=1S/C14H22O/c1-11-6-7-12(13(10-11)15-5)8-9-14(2,3)4/h6-7,10H,8-9H2,1-5H3. The van der Waals surface area contributed by atoms with Crippen LogP contribution in [0.4, 0.5) is 0 Å². The predicted molar refractivity (Wildman–Crippen MR) is 65.5 cm³/mol. The summed E-state index contributed by atoms with van der Waals surface area (Å²) in [6, 6.07) is 6.44. The minimum absolute atomic E-state index is 0.385. The minimum atomic E-state index is 0.385. The molecule has 0 aromatic heterocycles. The molecular weight excluding hydrogens is 184 g/mol. The van der Waals surface area contributed by atoms with Crippen LogP contribution >= 0.6 is 0 Å². The molecule has 0 heterocycles. The fraction of sp³-hybridized carbons (Fsp3) is 0.571. The molecule has 0 aliphatic carbocycles. The fourth-order valence-electron chi connectivity index (χ4n) is 1.57. The molecule has 0 unspecified atom stereocenters. The Morgan fingerprint density at radius 1 is 1.20 bits per heavy atom. The summed E-state index contributed by atoms with van der Waals surface area (Å²) in [7, 11) is 1.75. The third-order valence-corrected chi connectivity index (χ3v) is 2.59. The summed E-state index contributed by atoms with van der Waals surface area (Å²) in [5, 5.41) is 0. The molecule has 0 aliphatic heterocycles. The molecule has 1 aromatic rings. The van der Waals surface area contributed by atoms with Crippen LogP contribution in [-0.2, 0) is 6.42 Å². The van der Waals surface area contributed by atoms with Gasteiger partial charge in [0.2, 0.25) is 0 Å². The number of ether oxygens (including phenoxy) is 1. The molecule has 0 aliphatic rings. The SMILES string of the molecule is COc1cc(C)ccc1CCC(C)(C)C. The van der Waals surface area contributed by atoms with Gasteiger partial charge in [-0.2, -0.15) is 0 Å². The van der Waals surface area contributed by atoms with Crippen molar-refractivity contribution in [3.05, 3.63) is 29.3 Å². The number of benzene rings is 1. The van der Waals surface area contributed by atoms with Crippen LogP contribution in [0.3, 0.4) is 0 Å². The zero-order chi connectivity index (χ0) is 11.5. The third kappa shape index (κ3) is 3.94. The average Bonchev–Trinajstić information content (AvgIpc) is 2.14. The molecule has 0 saturated carbocycles. The van der Waals surface area contributed by atoms with Crippen LogP contribution in [-0.4, -0.2) is 7.11 Å². The number of hydrogen-bond acceptors (Lipinski definition) is 1. The second-order valence-electron chi connectivity index (χ2n) is 5.38. The normalized spacial score (nSPS) is 11.5. The van der Waals surface area contributed by atoms with E-state index in [1.807, 2.05) is 0 Å². The van der Waals surface area contributed by atoms with Gasteiger partial charge in [0.25, 0.3) is 0 Å². The van der Waals surface area contributed by atoms with Crippen LogP contribution in [0.2, 0.25) is 0 Å². The van der Waals surface area contributed by atoms with E-state index in [1.54, 1.807) is 7.11 Å². The Hall–Kier alpha value is -0.980. The maximum absolute atomic E-state index is 5.39. The van der Waals surface area contributed by atoms with Crippen molar-refractivity contribution in [2.45, 2.75) is 40.5 Å². The van der Waals surface area contributed by atoms with Gasteiger partial charge in [-0.3, -0.25) is 0 Å². The van der Waals surface area contributed by atoms with Crippen molar-refractivity contribution in [3.63, 3.8) is 0 Å².